The number of hydrogen-bond acceptors (Lipinski definition) is 9. The monoisotopic (exact) mass is 506 g/mol. The third-order valence-corrected chi connectivity index (χ3v) is 7.14. The van der Waals surface area contributed by atoms with Crippen LogP contribution in [0.25, 0.3) is 11.0 Å². The number of hydrogen-bond donors (Lipinski definition) is 2. The number of sulfonamides is 1. The zero-order valence-corrected chi connectivity index (χ0v) is 20.5. The molecule has 4 aromatic rings. The van der Waals surface area contributed by atoms with Crippen LogP contribution in [0.15, 0.2) is 71.9 Å². The molecule has 0 spiro atoms. The number of nitrogens with one attached hydrogen (secondary N) is 2. The van der Waals surface area contributed by atoms with Crippen LogP contribution in [-0.4, -0.2) is 61.7 Å². The van der Waals surface area contributed by atoms with Gasteiger partial charge in [-0.25, -0.2) is 18.4 Å². The van der Waals surface area contributed by atoms with Gasteiger partial charge in [-0.3, -0.25) is 14.6 Å². The minimum atomic E-state index is -3.94. The van der Waals surface area contributed by atoms with E-state index in [-0.39, 0.29) is 16.5 Å². The van der Waals surface area contributed by atoms with Crippen molar-refractivity contribution in [1.82, 2.24) is 19.9 Å². The molecule has 0 amide bonds. The summed E-state index contributed by atoms with van der Waals surface area (Å²) in [5, 5.41) is 3.32. The average molecular weight is 507 g/mol. The van der Waals surface area contributed by atoms with E-state index >= 15 is 0 Å². The topological polar surface area (TPSA) is 119 Å². The van der Waals surface area contributed by atoms with E-state index in [9.17, 15) is 8.42 Å². The summed E-state index contributed by atoms with van der Waals surface area (Å²) in [7, 11) is -2.34. The molecule has 5 rings (SSSR count). The maximum atomic E-state index is 13.1. The quantitative estimate of drug-likeness (QED) is 0.371. The first-order valence-electron chi connectivity index (χ1n) is 11.5. The number of methoxy groups -OCH3 is 1. The smallest absolute Gasteiger partial charge is 0.264 e. The molecule has 1 aliphatic heterocycles. The van der Waals surface area contributed by atoms with Crippen molar-refractivity contribution in [3.05, 3.63) is 72.6 Å². The highest BCUT2D eigenvalue weighted by Crippen LogP contribution is 2.31. The van der Waals surface area contributed by atoms with Gasteiger partial charge >= 0.3 is 0 Å². The highest BCUT2D eigenvalue weighted by atomic mass is 32.2. The standard InChI is InChI=1S/C25H26N6O4S/c1-34-19-9-8-18(17-31-11-13-35-14-12-31)23(15-19)29-24-25(28-22-7-3-2-6-21(22)27-24)30-36(32,33)20-5-4-10-26-16-20/h2-10,15-16H,11-14,17H2,1H3,(H,27,29)(H,28,30). The molecular formula is C25H26N6O4S. The Balaban J connectivity index is 1.54. The summed E-state index contributed by atoms with van der Waals surface area (Å²) in [4.78, 5) is 15.5. The minimum absolute atomic E-state index is 0.0281. The highest BCUT2D eigenvalue weighted by molar-refractivity contribution is 7.92. The SMILES string of the molecule is COc1ccc(CN2CCOCC2)c(Nc2nc3ccccc3nc2NS(=O)(=O)c2cccnc2)c1. The first-order valence-corrected chi connectivity index (χ1v) is 12.9. The lowest BCUT2D eigenvalue weighted by molar-refractivity contribution is 0.0342. The molecule has 0 atom stereocenters. The number of nitrogens with zero attached hydrogens (tertiary/aromatic N) is 4. The van der Waals surface area contributed by atoms with Crippen LogP contribution in [-0.2, 0) is 21.3 Å². The van der Waals surface area contributed by atoms with Gasteiger partial charge in [0, 0.05) is 43.8 Å². The second-order valence-corrected chi connectivity index (χ2v) is 9.92. The van der Waals surface area contributed by atoms with E-state index < -0.39 is 10.0 Å². The van der Waals surface area contributed by atoms with Gasteiger partial charge < -0.3 is 14.8 Å². The average Bonchev–Trinajstić information content (AvgIpc) is 2.91. The summed E-state index contributed by atoms with van der Waals surface area (Å²) in [6.45, 7) is 3.73. The summed E-state index contributed by atoms with van der Waals surface area (Å²) in [5.74, 6) is 1.02. The second-order valence-electron chi connectivity index (χ2n) is 8.24. The third kappa shape index (κ3) is 5.38. The Hall–Kier alpha value is -3.80. The Morgan fingerprint density at radius 3 is 2.44 bits per heavy atom. The van der Waals surface area contributed by atoms with E-state index in [0.717, 1.165) is 24.3 Å². The molecule has 3 heterocycles. The van der Waals surface area contributed by atoms with Crippen LogP contribution < -0.4 is 14.8 Å². The van der Waals surface area contributed by atoms with Crippen molar-refractivity contribution in [3.8, 4) is 5.75 Å². The van der Waals surface area contributed by atoms with Gasteiger partial charge in [-0.2, -0.15) is 0 Å². The van der Waals surface area contributed by atoms with E-state index in [1.54, 1.807) is 19.2 Å². The Morgan fingerprint density at radius 2 is 1.75 bits per heavy atom. The molecule has 0 unspecified atom stereocenters. The Bertz CT molecular complexity index is 1460. The first-order chi connectivity index (χ1) is 17.5. The largest absolute Gasteiger partial charge is 0.497 e. The molecule has 1 fully saturated rings. The van der Waals surface area contributed by atoms with E-state index in [1.807, 2.05) is 36.4 Å². The molecular weight excluding hydrogens is 480 g/mol. The summed E-state index contributed by atoms with van der Waals surface area (Å²) in [5.41, 5.74) is 2.94. The summed E-state index contributed by atoms with van der Waals surface area (Å²) < 4.78 is 39.7. The van der Waals surface area contributed by atoms with Crippen molar-refractivity contribution < 1.29 is 17.9 Å². The summed E-state index contributed by atoms with van der Waals surface area (Å²) >= 11 is 0. The lowest BCUT2D eigenvalue weighted by atomic mass is 10.1. The van der Waals surface area contributed by atoms with Gasteiger partial charge in [-0.1, -0.05) is 18.2 Å². The number of aromatic nitrogens is 3. The fourth-order valence-corrected chi connectivity index (χ4v) is 4.89. The molecule has 11 heteroatoms. The summed E-state index contributed by atoms with van der Waals surface area (Å²) in [6, 6.07) is 16.1. The number of benzene rings is 2. The Morgan fingerprint density at radius 1 is 1.00 bits per heavy atom. The van der Waals surface area contributed by atoms with Gasteiger partial charge in [0.1, 0.15) is 10.6 Å². The van der Waals surface area contributed by atoms with Gasteiger partial charge in [0.15, 0.2) is 11.6 Å². The minimum Gasteiger partial charge on any atom is -0.497 e. The van der Waals surface area contributed by atoms with Crippen LogP contribution in [0.3, 0.4) is 0 Å². The van der Waals surface area contributed by atoms with Crippen LogP contribution in [0.4, 0.5) is 17.3 Å². The van der Waals surface area contributed by atoms with Crippen LogP contribution in [0, 0.1) is 0 Å². The highest BCUT2D eigenvalue weighted by Gasteiger charge is 2.21. The van der Waals surface area contributed by atoms with Crippen LogP contribution in [0.5, 0.6) is 5.75 Å². The van der Waals surface area contributed by atoms with Gasteiger partial charge in [0.05, 0.1) is 31.4 Å². The van der Waals surface area contributed by atoms with Crippen LogP contribution >= 0.6 is 0 Å². The molecule has 0 aliphatic carbocycles. The number of fused-ring (bicyclic) bond motifs is 1. The van der Waals surface area contributed by atoms with Crippen molar-refractivity contribution in [2.45, 2.75) is 11.4 Å². The zero-order valence-electron chi connectivity index (χ0n) is 19.7. The predicted octanol–water partition coefficient (Wildman–Crippen LogP) is 3.41. The lowest BCUT2D eigenvalue weighted by Crippen LogP contribution is -2.35. The molecule has 10 nitrogen and oxygen atoms in total. The molecule has 2 aromatic heterocycles. The van der Waals surface area contributed by atoms with Crippen LogP contribution in [0.1, 0.15) is 5.56 Å². The molecule has 2 N–H and O–H groups in total. The Labute approximate surface area is 209 Å². The second kappa shape index (κ2) is 10.4. The van der Waals surface area contributed by atoms with E-state index in [0.29, 0.717) is 36.5 Å². The van der Waals surface area contributed by atoms with E-state index in [2.05, 4.69) is 24.9 Å². The van der Waals surface area contributed by atoms with E-state index in [4.69, 9.17) is 14.5 Å². The number of para-hydroxylation sites is 2. The fraction of sp³-hybridized carbons (Fsp3) is 0.240. The first kappa shape index (κ1) is 23.9. The number of morpholine rings is 1. The Kier molecular flexibility index (Phi) is 6.94. The number of rotatable bonds is 8. The maximum absolute atomic E-state index is 13.1. The van der Waals surface area contributed by atoms with Crippen molar-refractivity contribution >= 4 is 38.4 Å². The van der Waals surface area contributed by atoms with Gasteiger partial charge in [0.2, 0.25) is 0 Å². The van der Waals surface area contributed by atoms with Gasteiger partial charge in [0.25, 0.3) is 10.0 Å². The normalized spacial score (nSPS) is 14.5. The molecule has 0 saturated carbocycles. The van der Waals surface area contributed by atoms with Gasteiger partial charge in [-0.15, -0.1) is 0 Å². The third-order valence-electron chi connectivity index (χ3n) is 5.81. The molecule has 1 saturated heterocycles. The fourth-order valence-electron chi connectivity index (χ4n) is 3.92. The summed E-state index contributed by atoms with van der Waals surface area (Å²) in [6.07, 6.45) is 2.80. The zero-order chi connectivity index (χ0) is 25.0. The molecule has 1 aliphatic rings. The van der Waals surface area contributed by atoms with Crippen molar-refractivity contribution in [1.29, 1.82) is 0 Å². The number of anilines is 3. The lowest BCUT2D eigenvalue weighted by Gasteiger charge is -2.27. The molecule has 0 radical (unpaired) electrons. The van der Waals surface area contributed by atoms with E-state index in [1.165, 1.54) is 18.5 Å². The van der Waals surface area contributed by atoms with Crippen LogP contribution in [0.2, 0.25) is 0 Å². The molecule has 186 valence electrons. The molecule has 2 aromatic carbocycles. The van der Waals surface area contributed by atoms with Crippen molar-refractivity contribution in [2.24, 2.45) is 0 Å². The maximum Gasteiger partial charge on any atom is 0.264 e. The number of pyridine rings is 1. The van der Waals surface area contributed by atoms with Crippen molar-refractivity contribution in [2.75, 3.05) is 43.5 Å². The van der Waals surface area contributed by atoms with Gasteiger partial charge in [-0.05, 0) is 35.9 Å². The molecule has 36 heavy (non-hydrogen) atoms. The molecule has 0 bridgehead atoms. The predicted molar refractivity (Wildman–Crippen MR) is 137 cm³/mol. The number of ether oxygens (including phenoxy) is 2. The van der Waals surface area contributed by atoms with Crippen molar-refractivity contribution in [3.63, 3.8) is 0 Å².